The maximum absolute atomic E-state index is 13.5. The largest absolute Gasteiger partial charge is 0.493 e. The summed E-state index contributed by atoms with van der Waals surface area (Å²) in [6.07, 6.45) is -2.70. The SMILES string of the molecule is COc1ccc(CCN2C(=O)C3NCCCC3N(Cc3cccc(C(F)(F)F)c3)C2=O)cc1OC. The van der Waals surface area contributed by atoms with E-state index in [1.54, 1.807) is 18.2 Å². The Morgan fingerprint density at radius 3 is 2.51 bits per heavy atom. The molecule has 3 amide bonds. The van der Waals surface area contributed by atoms with Crippen molar-refractivity contribution in [2.45, 2.75) is 44.1 Å². The smallest absolute Gasteiger partial charge is 0.416 e. The second-order valence-corrected chi connectivity index (χ2v) is 8.68. The maximum atomic E-state index is 13.5. The highest BCUT2D eigenvalue weighted by Crippen LogP contribution is 2.32. The van der Waals surface area contributed by atoms with E-state index >= 15 is 0 Å². The number of carbonyl (C=O) groups excluding carboxylic acids is 2. The summed E-state index contributed by atoms with van der Waals surface area (Å²) in [4.78, 5) is 29.4. The Morgan fingerprint density at radius 2 is 1.80 bits per heavy atom. The number of piperidine rings is 1. The summed E-state index contributed by atoms with van der Waals surface area (Å²) in [5, 5.41) is 3.20. The van der Waals surface area contributed by atoms with Crippen molar-refractivity contribution in [3.63, 3.8) is 0 Å². The van der Waals surface area contributed by atoms with Crippen LogP contribution >= 0.6 is 0 Å². The summed E-state index contributed by atoms with van der Waals surface area (Å²) in [5.74, 6) is 0.810. The van der Waals surface area contributed by atoms with Crippen LogP contribution in [0.5, 0.6) is 11.5 Å². The Kier molecular flexibility index (Phi) is 7.20. The van der Waals surface area contributed by atoms with Gasteiger partial charge in [-0.05, 0) is 61.2 Å². The second-order valence-electron chi connectivity index (χ2n) is 8.68. The van der Waals surface area contributed by atoms with E-state index in [1.807, 2.05) is 6.07 Å². The van der Waals surface area contributed by atoms with Crippen molar-refractivity contribution in [2.24, 2.45) is 0 Å². The molecule has 2 aromatic rings. The van der Waals surface area contributed by atoms with Crippen molar-refractivity contribution in [1.29, 1.82) is 0 Å². The number of urea groups is 1. The van der Waals surface area contributed by atoms with Crippen LogP contribution in [0.3, 0.4) is 0 Å². The standard InChI is InChI=1S/C25H28F3N3O4/c1-34-20-9-8-16(14-21(20)35-2)10-12-30-23(32)22-19(7-4-11-29-22)31(24(30)33)15-17-5-3-6-18(13-17)25(26,27)28/h3,5-6,8-9,13-14,19,22,29H,4,7,10-12,15H2,1-2H3. The van der Waals surface area contributed by atoms with Gasteiger partial charge in [0.1, 0.15) is 6.04 Å². The minimum atomic E-state index is -4.47. The fourth-order valence-electron chi connectivity index (χ4n) is 4.73. The lowest BCUT2D eigenvalue weighted by Crippen LogP contribution is -2.69. The lowest BCUT2D eigenvalue weighted by atomic mass is 9.92. The molecule has 2 saturated heterocycles. The fraction of sp³-hybridized carbons (Fsp3) is 0.440. The van der Waals surface area contributed by atoms with E-state index in [-0.39, 0.29) is 19.0 Å². The number of hydrogen-bond donors (Lipinski definition) is 1. The minimum absolute atomic E-state index is 0.00820. The van der Waals surface area contributed by atoms with Gasteiger partial charge >= 0.3 is 12.2 Å². The van der Waals surface area contributed by atoms with Crippen molar-refractivity contribution >= 4 is 11.9 Å². The number of benzene rings is 2. The number of amides is 3. The molecule has 4 rings (SSSR count). The summed E-state index contributed by atoms with van der Waals surface area (Å²) in [6, 6.07) is 8.87. The highest BCUT2D eigenvalue weighted by molar-refractivity contribution is 6.00. The Hall–Kier alpha value is -3.27. The summed E-state index contributed by atoms with van der Waals surface area (Å²) in [6.45, 7) is 0.769. The molecular weight excluding hydrogens is 463 g/mol. The first-order valence-corrected chi connectivity index (χ1v) is 11.5. The molecule has 10 heteroatoms. The average Bonchev–Trinajstić information content (AvgIpc) is 2.86. The van der Waals surface area contributed by atoms with Gasteiger partial charge in [0.05, 0.1) is 25.8 Å². The van der Waals surface area contributed by atoms with Gasteiger partial charge < -0.3 is 19.7 Å². The first kappa shape index (κ1) is 24.8. The third kappa shape index (κ3) is 5.22. The van der Waals surface area contributed by atoms with Gasteiger partial charge in [-0.1, -0.05) is 18.2 Å². The predicted molar refractivity (Wildman–Crippen MR) is 122 cm³/mol. The van der Waals surface area contributed by atoms with Crippen LogP contribution in [-0.4, -0.2) is 61.1 Å². The normalized spacial score (nSPS) is 20.6. The number of fused-ring (bicyclic) bond motifs is 1. The van der Waals surface area contributed by atoms with E-state index < -0.39 is 29.9 Å². The van der Waals surface area contributed by atoms with E-state index in [1.165, 1.54) is 30.1 Å². The highest BCUT2D eigenvalue weighted by atomic mass is 19.4. The predicted octanol–water partition coefficient (Wildman–Crippen LogP) is 3.85. The number of rotatable bonds is 7. The molecule has 0 aliphatic carbocycles. The molecule has 35 heavy (non-hydrogen) atoms. The third-order valence-corrected chi connectivity index (χ3v) is 6.51. The number of halogens is 3. The fourth-order valence-corrected chi connectivity index (χ4v) is 4.73. The Morgan fingerprint density at radius 1 is 1.03 bits per heavy atom. The lowest BCUT2D eigenvalue weighted by Gasteiger charge is -2.47. The minimum Gasteiger partial charge on any atom is -0.493 e. The number of nitrogens with one attached hydrogen (secondary N) is 1. The molecule has 2 fully saturated rings. The van der Waals surface area contributed by atoms with Crippen molar-refractivity contribution < 1.29 is 32.2 Å². The van der Waals surface area contributed by atoms with E-state index in [0.717, 1.165) is 24.1 Å². The molecule has 7 nitrogen and oxygen atoms in total. The van der Waals surface area contributed by atoms with Gasteiger partial charge in [0, 0.05) is 13.1 Å². The van der Waals surface area contributed by atoms with E-state index in [9.17, 15) is 22.8 Å². The molecule has 0 bridgehead atoms. The van der Waals surface area contributed by atoms with Crippen molar-refractivity contribution in [3.05, 3.63) is 59.2 Å². The molecule has 0 radical (unpaired) electrons. The van der Waals surface area contributed by atoms with Crippen molar-refractivity contribution in [3.8, 4) is 11.5 Å². The number of methoxy groups -OCH3 is 2. The summed E-state index contributed by atoms with van der Waals surface area (Å²) >= 11 is 0. The second kappa shape index (κ2) is 10.2. The van der Waals surface area contributed by atoms with Gasteiger partial charge in [0.2, 0.25) is 5.91 Å². The quantitative estimate of drug-likeness (QED) is 0.637. The topological polar surface area (TPSA) is 71.1 Å². The summed E-state index contributed by atoms with van der Waals surface area (Å²) < 4.78 is 50.2. The van der Waals surface area contributed by atoms with E-state index in [4.69, 9.17) is 9.47 Å². The molecule has 2 unspecified atom stereocenters. The molecule has 2 aromatic carbocycles. The number of hydrogen-bond acceptors (Lipinski definition) is 5. The highest BCUT2D eigenvalue weighted by Gasteiger charge is 2.47. The number of imide groups is 1. The number of ether oxygens (including phenoxy) is 2. The van der Waals surface area contributed by atoms with E-state index in [2.05, 4.69) is 5.32 Å². The van der Waals surface area contributed by atoms with E-state index in [0.29, 0.717) is 36.4 Å². The molecule has 2 aliphatic rings. The monoisotopic (exact) mass is 491 g/mol. The van der Waals surface area contributed by atoms with Gasteiger partial charge in [-0.25, -0.2) is 4.79 Å². The van der Waals surface area contributed by atoms with Crippen LogP contribution < -0.4 is 14.8 Å². The average molecular weight is 492 g/mol. The molecular formula is C25H28F3N3O4. The van der Waals surface area contributed by atoms with Crippen LogP contribution in [0, 0.1) is 0 Å². The maximum Gasteiger partial charge on any atom is 0.416 e. The summed E-state index contributed by atoms with van der Waals surface area (Å²) in [7, 11) is 3.06. The molecule has 2 aliphatic heterocycles. The lowest BCUT2D eigenvalue weighted by molar-refractivity contribution is -0.137. The van der Waals surface area contributed by atoms with Gasteiger partial charge in [0.25, 0.3) is 0 Å². The van der Waals surface area contributed by atoms with Gasteiger partial charge in [-0.15, -0.1) is 0 Å². The summed E-state index contributed by atoms with van der Waals surface area (Å²) in [5.41, 5.74) is 0.456. The van der Waals surface area contributed by atoms with Gasteiger partial charge in [-0.3, -0.25) is 9.69 Å². The van der Waals surface area contributed by atoms with Crippen LogP contribution in [0.4, 0.5) is 18.0 Å². The van der Waals surface area contributed by atoms with Crippen LogP contribution in [0.15, 0.2) is 42.5 Å². The zero-order valence-electron chi connectivity index (χ0n) is 19.6. The molecule has 0 aromatic heterocycles. The third-order valence-electron chi connectivity index (χ3n) is 6.51. The van der Waals surface area contributed by atoms with Crippen molar-refractivity contribution in [2.75, 3.05) is 27.3 Å². The number of alkyl halides is 3. The Bertz CT molecular complexity index is 1090. The number of carbonyl (C=O) groups is 2. The first-order chi connectivity index (χ1) is 16.7. The molecule has 0 saturated carbocycles. The van der Waals surface area contributed by atoms with Crippen molar-refractivity contribution in [1.82, 2.24) is 15.1 Å². The zero-order valence-corrected chi connectivity index (χ0v) is 19.6. The Labute approximate surface area is 201 Å². The molecule has 1 N–H and O–H groups in total. The first-order valence-electron chi connectivity index (χ1n) is 11.5. The van der Waals surface area contributed by atoms with Crippen LogP contribution in [-0.2, 0) is 23.9 Å². The number of nitrogens with zero attached hydrogens (tertiary/aromatic N) is 2. The van der Waals surface area contributed by atoms with Crippen LogP contribution in [0.2, 0.25) is 0 Å². The van der Waals surface area contributed by atoms with Gasteiger partial charge in [-0.2, -0.15) is 13.2 Å². The van der Waals surface area contributed by atoms with Crippen LogP contribution in [0.1, 0.15) is 29.5 Å². The van der Waals surface area contributed by atoms with Gasteiger partial charge in [0.15, 0.2) is 11.5 Å². The Balaban J connectivity index is 1.56. The zero-order chi connectivity index (χ0) is 25.2. The molecule has 2 heterocycles. The molecule has 0 spiro atoms. The molecule has 2 atom stereocenters. The molecule has 188 valence electrons. The van der Waals surface area contributed by atoms with Crippen LogP contribution in [0.25, 0.3) is 0 Å².